The van der Waals surface area contributed by atoms with Gasteiger partial charge in [-0.1, -0.05) is 12.1 Å². The Morgan fingerprint density at radius 3 is 2.71 bits per heavy atom. The van der Waals surface area contributed by atoms with Crippen LogP contribution in [0.4, 0.5) is 5.69 Å². The molecule has 0 bridgehead atoms. The molecule has 1 aromatic heterocycles. The van der Waals surface area contributed by atoms with E-state index in [4.69, 9.17) is 9.84 Å². The number of aromatic nitrogens is 1. The summed E-state index contributed by atoms with van der Waals surface area (Å²) in [6.45, 7) is 2.28. The van der Waals surface area contributed by atoms with Crippen molar-refractivity contribution in [2.45, 2.75) is 13.5 Å². The van der Waals surface area contributed by atoms with Crippen molar-refractivity contribution < 1.29 is 19.4 Å². The van der Waals surface area contributed by atoms with Gasteiger partial charge in [0.2, 0.25) is 5.91 Å². The van der Waals surface area contributed by atoms with Crippen LogP contribution >= 0.6 is 0 Å². The number of aromatic carboxylic acids is 1. The minimum atomic E-state index is -1.07. The zero-order chi connectivity index (χ0) is 15.2. The lowest BCUT2D eigenvalue weighted by Gasteiger charge is -2.12. The normalized spacial score (nSPS) is 10.1. The van der Waals surface area contributed by atoms with Crippen molar-refractivity contribution in [3.8, 4) is 5.75 Å². The van der Waals surface area contributed by atoms with E-state index in [2.05, 4.69) is 5.32 Å². The maximum absolute atomic E-state index is 12.0. The fourth-order valence-corrected chi connectivity index (χ4v) is 1.94. The van der Waals surface area contributed by atoms with Gasteiger partial charge >= 0.3 is 5.97 Å². The predicted molar refractivity (Wildman–Crippen MR) is 77.6 cm³/mol. The van der Waals surface area contributed by atoms with Gasteiger partial charge in [-0.05, 0) is 31.2 Å². The molecule has 0 aliphatic heterocycles. The molecule has 0 fully saturated rings. The summed E-state index contributed by atoms with van der Waals surface area (Å²) >= 11 is 0. The number of hydrogen-bond donors (Lipinski definition) is 2. The number of rotatable bonds is 6. The summed E-state index contributed by atoms with van der Waals surface area (Å²) in [6, 6.07) is 10.1. The molecule has 110 valence electrons. The molecular weight excluding hydrogens is 272 g/mol. The lowest BCUT2D eigenvalue weighted by Crippen LogP contribution is -2.21. The number of amides is 1. The van der Waals surface area contributed by atoms with Gasteiger partial charge in [0.1, 0.15) is 18.0 Å². The average Bonchev–Trinajstić information content (AvgIpc) is 2.89. The van der Waals surface area contributed by atoms with Gasteiger partial charge in [-0.25, -0.2) is 4.79 Å². The van der Waals surface area contributed by atoms with E-state index in [1.165, 1.54) is 10.6 Å². The first-order valence-corrected chi connectivity index (χ1v) is 6.52. The van der Waals surface area contributed by atoms with Gasteiger partial charge < -0.3 is 19.7 Å². The molecule has 2 rings (SSSR count). The third-order valence-electron chi connectivity index (χ3n) is 2.82. The number of para-hydroxylation sites is 2. The van der Waals surface area contributed by atoms with Crippen molar-refractivity contribution in [1.82, 2.24) is 4.57 Å². The Labute approximate surface area is 122 Å². The summed E-state index contributed by atoms with van der Waals surface area (Å²) in [5.41, 5.74) is 0.636. The van der Waals surface area contributed by atoms with Gasteiger partial charge in [-0.3, -0.25) is 4.79 Å². The van der Waals surface area contributed by atoms with Crippen LogP contribution in [0.25, 0.3) is 0 Å². The summed E-state index contributed by atoms with van der Waals surface area (Å²) in [5.74, 6) is -0.803. The molecule has 0 saturated heterocycles. The maximum atomic E-state index is 12.0. The fourth-order valence-electron chi connectivity index (χ4n) is 1.94. The number of nitrogens with one attached hydrogen (secondary N) is 1. The van der Waals surface area contributed by atoms with Crippen LogP contribution in [0.5, 0.6) is 5.75 Å². The van der Waals surface area contributed by atoms with E-state index in [0.29, 0.717) is 18.0 Å². The van der Waals surface area contributed by atoms with Crippen LogP contribution < -0.4 is 10.1 Å². The number of hydrogen-bond acceptors (Lipinski definition) is 3. The first kappa shape index (κ1) is 14.6. The summed E-state index contributed by atoms with van der Waals surface area (Å²) in [5, 5.41) is 11.7. The molecule has 6 nitrogen and oxygen atoms in total. The van der Waals surface area contributed by atoms with Crippen LogP contribution in [0.3, 0.4) is 0 Å². The van der Waals surface area contributed by atoms with E-state index < -0.39 is 5.97 Å². The zero-order valence-corrected chi connectivity index (χ0v) is 11.6. The molecular formula is C15H16N2O4. The highest BCUT2D eigenvalue weighted by Gasteiger charge is 2.13. The van der Waals surface area contributed by atoms with Crippen molar-refractivity contribution in [2.75, 3.05) is 11.9 Å². The molecule has 2 aromatic rings. The second-order valence-electron chi connectivity index (χ2n) is 4.30. The minimum Gasteiger partial charge on any atom is -0.492 e. The molecule has 21 heavy (non-hydrogen) atoms. The van der Waals surface area contributed by atoms with Gasteiger partial charge in [0.25, 0.3) is 0 Å². The highest BCUT2D eigenvalue weighted by molar-refractivity contribution is 5.93. The van der Waals surface area contributed by atoms with Crippen LogP contribution in [-0.2, 0) is 11.3 Å². The standard InChI is InChI=1S/C15H16N2O4/c1-2-21-13-8-4-3-6-11(13)16-14(18)10-17-9-5-7-12(17)15(19)20/h3-9H,2,10H2,1H3,(H,16,18)(H,19,20). The predicted octanol–water partition coefficient (Wildman–Crippen LogP) is 2.22. The van der Waals surface area contributed by atoms with Crippen LogP contribution in [0.15, 0.2) is 42.6 Å². The number of carboxylic acid groups (broad SMARTS) is 1. The van der Waals surface area contributed by atoms with E-state index in [-0.39, 0.29) is 18.1 Å². The Balaban J connectivity index is 2.08. The van der Waals surface area contributed by atoms with Crippen LogP contribution in [-0.4, -0.2) is 28.2 Å². The Bertz CT molecular complexity index is 649. The second-order valence-corrected chi connectivity index (χ2v) is 4.30. The number of carbonyl (C=O) groups excluding carboxylic acids is 1. The summed E-state index contributed by atoms with van der Waals surface area (Å²) < 4.78 is 6.80. The quantitative estimate of drug-likeness (QED) is 0.854. The number of carboxylic acids is 1. The Morgan fingerprint density at radius 2 is 2.00 bits per heavy atom. The number of benzene rings is 1. The number of ether oxygens (including phenoxy) is 1. The molecule has 0 radical (unpaired) electrons. The third kappa shape index (κ3) is 3.62. The van der Waals surface area contributed by atoms with E-state index >= 15 is 0 Å². The Hall–Kier alpha value is -2.76. The molecule has 0 atom stereocenters. The largest absolute Gasteiger partial charge is 0.492 e. The highest BCUT2D eigenvalue weighted by Crippen LogP contribution is 2.23. The smallest absolute Gasteiger partial charge is 0.352 e. The van der Waals surface area contributed by atoms with Gasteiger partial charge in [0.05, 0.1) is 12.3 Å². The molecule has 1 amide bonds. The minimum absolute atomic E-state index is 0.0724. The SMILES string of the molecule is CCOc1ccccc1NC(=O)Cn1cccc1C(=O)O. The Morgan fingerprint density at radius 1 is 1.24 bits per heavy atom. The number of nitrogens with zero attached hydrogens (tertiary/aromatic N) is 1. The first-order valence-electron chi connectivity index (χ1n) is 6.52. The van der Waals surface area contributed by atoms with Gasteiger partial charge in [-0.15, -0.1) is 0 Å². The molecule has 6 heteroatoms. The van der Waals surface area contributed by atoms with Crippen LogP contribution in [0.1, 0.15) is 17.4 Å². The van der Waals surface area contributed by atoms with E-state index in [1.54, 1.807) is 30.5 Å². The molecule has 1 heterocycles. The fraction of sp³-hybridized carbons (Fsp3) is 0.200. The van der Waals surface area contributed by atoms with E-state index in [0.717, 1.165) is 0 Å². The number of carbonyl (C=O) groups is 2. The van der Waals surface area contributed by atoms with E-state index in [1.807, 2.05) is 13.0 Å². The van der Waals surface area contributed by atoms with Gasteiger partial charge in [0.15, 0.2) is 0 Å². The van der Waals surface area contributed by atoms with Gasteiger partial charge in [0, 0.05) is 6.20 Å². The third-order valence-corrected chi connectivity index (χ3v) is 2.82. The molecule has 0 aliphatic carbocycles. The summed E-state index contributed by atoms with van der Waals surface area (Å²) in [4.78, 5) is 23.0. The van der Waals surface area contributed by atoms with Crippen LogP contribution in [0, 0.1) is 0 Å². The van der Waals surface area contributed by atoms with Crippen molar-refractivity contribution in [1.29, 1.82) is 0 Å². The molecule has 1 aromatic carbocycles. The van der Waals surface area contributed by atoms with Gasteiger partial charge in [-0.2, -0.15) is 0 Å². The monoisotopic (exact) mass is 288 g/mol. The first-order chi connectivity index (χ1) is 10.1. The van der Waals surface area contributed by atoms with Crippen molar-refractivity contribution in [2.24, 2.45) is 0 Å². The maximum Gasteiger partial charge on any atom is 0.352 e. The van der Waals surface area contributed by atoms with Crippen molar-refractivity contribution in [3.05, 3.63) is 48.3 Å². The summed E-state index contributed by atoms with van der Waals surface area (Å²) in [6.07, 6.45) is 1.55. The molecule has 2 N–H and O–H groups in total. The topological polar surface area (TPSA) is 80.6 Å². The molecule has 0 saturated carbocycles. The Kier molecular flexibility index (Phi) is 4.61. The second kappa shape index (κ2) is 6.60. The van der Waals surface area contributed by atoms with Crippen molar-refractivity contribution in [3.63, 3.8) is 0 Å². The molecule has 0 spiro atoms. The molecule has 0 aliphatic rings. The lowest BCUT2D eigenvalue weighted by molar-refractivity contribution is -0.116. The van der Waals surface area contributed by atoms with E-state index in [9.17, 15) is 9.59 Å². The average molecular weight is 288 g/mol. The number of anilines is 1. The lowest BCUT2D eigenvalue weighted by atomic mass is 10.3. The highest BCUT2D eigenvalue weighted by atomic mass is 16.5. The summed E-state index contributed by atoms with van der Waals surface area (Å²) in [7, 11) is 0. The van der Waals surface area contributed by atoms with Crippen molar-refractivity contribution >= 4 is 17.6 Å². The molecule has 0 unspecified atom stereocenters. The van der Waals surface area contributed by atoms with Crippen LogP contribution in [0.2, 0.25) is 0 Å². The zero-order valence-electron chi connectivity index (χ0n) is 11.6.